The van der Waals surface area contributed by atoms with Crippen molar-refractivity contribution in [2.45, 2.75) is 0 Å². The Bertz CT molecular complexity index is 669. The zero-order chi connectivity index (χ0) is 15.6. The summed E-state index contributed by atoms with van der Waals surface area (Å²) in [4.78, 5) is 23.3. The second-order valence-electron chi connectivity index (χ2n) is 3.95. The number of carbonyl (C=O) groups excluding carboxylic acids is 1. The minimum absolute atomic E-state index is 0.00590. The van der Waals surface area contributed by atoms with Gasteiger partial charge in [0, 0.05) is 0 Å². The molecule has 1 fully saturated rings. The molecule has 1 aliphatic rings. The quantitative estimate of drug-likeness (QED) is 0.646. The first-order valence-electron chi connectivity index (χ1n) is 5.70. The molecule has 0 spiro atoms. The minimum atomic E-state index is -1.13. The SMILES string of the molecule is COc1cc(C=C2SC(=S)NC2=O)c(C(=O)O)cc1OC. The van der Waals surface area contributed by atoms with Crippen molar-refractivity contribution >= 4 is 46.3 Å². The topological polar surface area (TPSA) is 84.9 Å². The molecule has 0 aliphatic carbocycles. The lowest BCUT2D eigenvalue weighted by Gasteiger charge is -2.11. The standard InChI is InChI=1S/C13H11NO5S2/c1-18-8-3-6(4-10-11(15)14-13(20)21-10)7(12(16)17)5-9(8)19-2/h3-5H,1-2H3,(H,16,17)(H,14,15,20). The smallest absolute Gasteiger partial charge is 0.336 e. The first-order valence-corrected chi connectivity index (χ1v) is 6.93. The molecule has 2 rings (SSSR count). The van der Waals surface area contributed by atoms with Crippen LogP contribution < -0.4 is 14.8 Å². The van der Waals surface area contributed by atoms with Gasteiger partial charge in [-0.2, -0.15) is 0 Å². The second-order valence-corrected chi connectivity index (χ2v) is 5.67. The van der Waals surface area contributed by atoms with Crippen LogP contribution >= 0.6 is 24.0 Å². The number of thiocarbonyl (C=S) groups is 1. The predicted octanol–water partition coefficient (Wildman–Crippen LogP) is 1.89. The van der Waals surface area contributed by atoms with E-state index in [-0.39, 0.29) is 11.5 Å². The zero-order valence-corrected chi connectivity index (χ0v) is 12.8. The highest BCUT2D eigenvalue weighted by Crippen LogP contribution is 2.33. The van der Waals surface area contributed by atoms with Crippen molar-refractivity contribution in [3.05, 3.63) is 28.2 Å². The van der Waals surface area contributed by atoms with Gasteiger partial charge in [-0.15, -0.1) is 0 Å². The molecule has 1 aliphatic heterocycles. The van der Waals surface area contributed by atoms with Crippen molar-refractivity contribution in [3.63, 3.8) is 0 Å². The van der Waals surface area contributed by atoms with Gasteiger partial charge in [0.15, 0.2) is 11.5 Å². The highest BCUT2D eigenvalue weighted by Gasteiger charge is 2.23. The molecule has 8 heteroatoms. The van der Waals surface area contributed by atoms with Crippen LogP contribution in [-0.4, -0.2) is 35.5 Å². The Morgan fingerprint density at radius 3 is 2.43 bits per heavy atom. The van der Waals surface area contributed by atoms with E-state index >= 15 is 0 Å². The van der Waals surface area contributed by atoms with E-state index in [1.165, 1.54) is 32.4 Å². The van der Waals surface area contributed by atoms with Crippen molar-refractivity contribution < 1.29 is 24.2 Å². The van der Waals surface area contributed by atoms with Gasteiger partial charge in [-0.3, -0.25) is 4.79 Å². The molecule has 1 heterocycles. The van der Waals surface area contributed by atoms with Crippen LogP contribution in [0.4, 0.5) is 0 Å². The molecule has 2 N–H and O–H groups in total. The van der Waals surface area contributed by atoms with E-state index in [2.05, 4.69) is 5.32 Å². The molecule has 0 unspecified atom stereocenters. The molecule has 1 aromatic rings. The molecule has 1 saturated heterocycles. The van der Waals surface area contributed by atoms with Crippen LogP contribution in [0, 0.1) is 0 Å². The summed E-state index contributed by atoms with van der Waals surface area (Å²) in [6.45, 7) is 0. The van der Waals surface area contributed by atoms with E-state index in [0.717, 1.165) is 11.8 Å². The summed E-state index contributed by atoms with van der Waals surface area (Å²) in [5.74, 6) is -0.804. The molecule has 110 valence electrons. The molecule has 0 saturated carbocycles. The number of benzene rings is 1. The number of carboxylic acids is 1. The van der Waals surface area contributed by atoms with Gasteiger partial charge >= 0.3 is 5.97 Å². The van der Waals surface area contributed by atoms with Crippen molar-refractivity contribution in [1.82, 2.24) is 5.32 Å². The maximum absolute atomic E-state index is 11.7. The van der Waals surface area contributed by atoms with E-state index in [4.69, 9.17) is 21.7 Å². The van der Waals surface area contributed by atoms with E-state index in [1.807, 2.05) is 0 Å². The Labute approximate surface area is 130 Å². The third-order valence-corrected chi connectivity index (χ3v) is 3.88. The van der Waals surface area contributed by atoms with Gasteiger partial charge in [0.1, 0.15) is 4.32 Å². The van der Waals surface area contributed by atoms with Gasteiger partial charge in [0.2, 0.25) is 0 Å². The van der Waals surface area contributed by atoms with Crippen LogP contribution in [0.5, 0.6) is 11.5 Å². The largest absolute Gasteiger partial charge is 0.493 e. The fourth-order valence-electron chi connectivity index (χ4n) is 1.76. The average molecular weight is 325 g/mol. The summed E-state index contributed by atoms with van der Waals surface area (Å²) in [7, 11) is 2.86. The number of ether oxygens (including phenoxy) is 2. The van der Waals surface area contributed by atoms with Gasteiger partial charge in [0.25, 0.3) is 5.91 Å². The molecule has 0 radical (unpaired) electrons. The lowest BCUT2D eigenvalue weighted by atomic mass is 10.1. The third kappa shape index (κ3) is 3.17. The highest BCUT2D eigenvalue weighted by atomic mass is 32.2. The third-order valence-electron chi connectivity index (χ3n) is 2.71. The van der Waals surface area contributed by atoms with Crippen molar-refractivity contribution in [1.29, 1.82) is 0 Å². The van der Waals surface area contributed by atoms with Gasteiger partial charge in [-0.25, -0.2) is 4.79 Å². The number of hydrogen-bond acceptors (Lipinski definition) is 6. The Morgan fingerprint density at radius 2 is 1.95 bits per heavy atom. The number of nitrogens with one attached hydrogen (secondary N) is 1. The summed E-state index contributed by atoms with van der Waals surface area (Å²) >= 11 is 5.97. The molecule has 0 aromatic heterocycles. The van der Waals surface area contributed by atoms with Gasteiger partial charge < -0.3 is 19.9 Å². The number of carboxylic acid groups (broad SMARTS) is 1. The number of aromatic carboxylic acids is 1. The second kappa shape index (κ2) is 6.15. The fraction of sp³-hybridized carbons (Fsp3) is 0.154. The zero-order valence-electron chi connectivity index (χ0n) is 11.1. The van der Waals surface area contributed by atoms with Crippen LogP contribution in [0.1, 0.15) is 15.9 Å². The normalized spacial score (nSPS) is 16.0. The number of carbonyl (C=O) groups is 2. The van der Waals surface area contributed by atoms with E-state index in [1.54, 1.807) is 0 Å². The van der Waals surface area contributed by atoms with Crippen LogP contribution in [0.3, 0.4) is 0 Å². The van der Waals surface area contributed by atoms with Crippen LogP contribution in [0.15, 0.2) is 17.0 Å². The first-order chi connectivity index (χ1) is 9.96. The Morgan fingerprint density at radius 1 is 1.33 bits per heavy atom. The monoisotopic (exact) mass is 325 g/mol. The molecular formula is C13H11NO5S2. The number of thioether (sulfide) groups is 1. The Kier molecular flexibility index (Phi) is 4.49. The number of rotatable bonds is 4. The van der Waals surface area contributed by atoms with E-state index in [9.17, 15) is 14.7 Å². The Balaban J connectivity index is 2.56. The molecule has 0 atom stereocenters. The van der Waals surface area contributed by atoms with Crippen molar-refractivity contribution in [2.75, 3.05) is 14.2 Å². The summed E-state index contributed by atoms with van der Waals surface area (Å²) < 4.78 is 10.6. The van der Waals surface area contributed by atoms with Crippen molar-refractivity contribution in [2.24, 2.45) is 0 Å². The molecule has 6 nitrogen and oxygen atoms in total. The fourth-order valence-corrected chi connectivity index (χ4v) is 2.80. The highest BCUT2D eigenvalue weighted by molar-refractivity contribution is 8.26. The number of amides is 1. The van der Waals surface area contributed by atoms with Gasteiger partial charge in [0.05, 0.1) is 24.7 Å². The maximum atomic E-state index is 11.7. The lowest BCUT2D eigenvalue weighted by molar-refractivity contribution is -0.115. The average Bonchev–Trinajstić information content (AvgIpc) is 2.76. The summed E-state index contributed by atoms with van der Waals surface area (Å²) in [6.07, 6.45) is 1.46. The van der Waals surface area contributed by atoms with Crippen molar-refractivity contribution in [3.8, 4) is 11.5 Å². The van der Waals surface area contributed by atoms with Crippen LogP contribution in [0.2, 0.25) is 0 Å². The van der Waals surface area contributed by atoms with Crippen LogP contribution in [-0.2, 0) is 4.79 Å². The lowest BCUT2D eigenvalue weighted by Crippen LogP contribution is -2.17. The maximum Gasteiger partial charge on any atom is 0.336 e. The molecular weight excluding hydrogens is 314 g/mol. The Hall–Kier alpha value is -2.06. The van der Waals surface area contributed by atoms with Gasteiger partial charge in [-0.05, 0) is 23.8 Å². The van der Waals surface area contributed by atoms with Gasteiger partial charge in [-0.1, -0.05) is 24.0 Å². The first kappa shape index (κ1) is 15.3. The summed E-state index contributed by atoms with van der Waals surface area (Å²) in [6, 6.07) is 2.86. The molecule has 1 amide bonds. The number of hydrogen-bond donors (Lipinski definition) is 2. The number of methoxy groups -OCH3 is 2. The summed E-state index contributed by atoms with van der Waals surface area (Å²) in [5.41, 5.74) is 0.342. The predicted molar refractivity (Wildman–Crippen MR) is 82.8 cm³/mol. The summed E-state index contributed by atoms with van der Waals surface area (Å²) in [5, 5.41) is 11.8. The molecule has 0 bridgehead atoms. The van der Waals surface area contributed by atoms with E-state index in [0.29, 0.717) is 26.3 Å². The minimum Gasteiger partial charge on any atom is -0.493 e. The molecule has 21 heavy (non-hydrogen) atoms. The molecule has 1 aromatic carbocycles. The van der Waals surface area contributed by atoms with E-state index < -0.39 is 5.97 Å². The van der Waals surface area contributed by atoms with Crippen LogP contribution in [0.25, 0.3) is 6.08 Å².